The van der Waals surface area contributed by atoms with Crippen LogP contribution in [0.5, 0.6) is 5.75 Å². The number of fused-ring (bicyclic) bond motifs is 1. The van der Waals surface area contributed by atoms with Crippen LogP contribution in [0.25, 0.3) is 10.9 Å². The Morgan fingerprint density at radius 1 is 1.35 bits per heavy atom. The van der Waals surface area contributed by atoms with Crippen molar-refractivity contribution in [3.05, 3.63) is 40.6 Å². The van der Waals surface area contributed by atoms with Crippen molar-refractivity contribution in [1.82, 2.24) is 9.88 Å². The van der Waals surface area contributed by atoms with Gasteiger partial charge in [0.15, 0.2) is 0 Å². The number of carbonyl (C=O) groups is 2. The first-order valence-electron chi connectivity index (χ1n) is 7.64. The topological polar surface area (TPSA) is 132 Å². The van der Waals surface area contributed by atoms with Crippen LogP contribution >= 0.6 is 0 Å². The highest BCUT2D eigenvalue weighted by molar-refractivity contribution is 5.92. The highest BCUT2D eigenvalue weighted by Gasteiger charge is 2.16. The molecule has 0 spiro atoms. The minimum absolute atomic E-state index is 0.0470. The molecule has 0 bridgehead atoms. The van der Waals surface area contributed by atoms with E-state index in [1.807, 2.05) is 0 Å². The van der Waals surface area contributed by atoms with Crippen molar-refractivity contribution < 1.29 is 29.1 Å². The number of carboxylic acids is 1. The number of hydrogen-bond donors (Lipinski definition) is 1. The quantitative estimate of drug-likeness (QED) is 0.429. The molecule has 2 rings (SSSR count). The van der Waals surface area contributed by atoms with Crippen molar-refractivity contribution in [2.45, 2.75) is 12.8 Å². The lowest BCUT2D eigenvalue weighted by atomic mass is 10.1. The predicted molar refractivity (Wildman–Crippen MR) is 89.9 cm³/mol. The lowest BCUT2D eigenvalue weighted by molar-refractivity contribution is -0.383. The minimum Gasteiger partial charge on any atom is -0.481 e. The molecule has 0 radical (unpaired) electrons. The lowest BCUT2D eigenvalue weighted by Gasteiger charge is -2.16. The van der Waals surface area contributed by atoms with Crippen LogP contribution in [0.15, 0.2) is 30.5 Å². The molecule has 0 aliphatic carbocycles. The number of nitro groups is 1. The van der Waals surface area contributed by atoms with Crippen LogP contribution in [0.1, 0.15) is 12.8 Å². The second-order valence-electron chi connectivity index (χ2n) is 5.33. The van der Waals surface area contributed by atoms with Gasteiger partial charge >= 0.3 is 12.1 Å². The first kappa shape index (κ1) is 18.9. The number of aromatic nitrogens is 1. The van der Waals surface area contributed by atoms with Gasteiger partial charge in [-0.15, -0.1) is 0 Å². The van der Waals surface area contributed by atoms with Gasteiger partial charge in [-0.3, -0.25) is 19.9 Å². The molecule has 1 amide bonds. The van der Waals surface area contributed by atoms with E-state index in [0.717, 1.165) is 0 Å². The largest absolute Gasteiger partial charge is 0.481 e. The maximum Gasteiger partial charge on any atom is 0.412 e. The molecule has 1 heterocycles. The number of carbonyl (C=O) groups excluding carboxylic acids is 1. The molecular formula is C16H17N3O7. The first-order valence-corrected chi connectivity index (χ1v) is 7.64. The zero-order valence-corrected chi connectivity index (χ0v) is 14.0. The first-order chi connectivity index (χ1) is 12.4. The van der Waals surface area contributed by atoms with Crippen molar-refractivity contribution >= 4 is 28.7 Å². The van der Waals surface area contributed by atoms with Crippen LogP contribution in [-0.4, -0.2) is 52.4 Å². The maximum absolute atomic E-state index is 11.8. The fourth-order valence-corrected chi connectivity index (χ4v) is 2.22. The average molecular weight is 363 g/mol. The van der Waals surface area contributed by atoms with Gasteiger partial charge in [0.05, 0.1) is 10.3 Å². The average Bonchev–Trinajstić information content (AvgIpc) is 2.60. The van der Waals surface area contributed by atoms with Crippen molar-refractivity contribution in [2.24, 2.45) is 0 Å². The Hall–Kier alpha value is -3.43. The number of amides is 1. The van der Waals surface area contributed by atoms with Crippen molar-refractivity contribution in [3.63, 3.8) is 0 Å². The summed E-state index contributed by atoms with van der Waals surface area (Å²) in [6, 6.07) is 5.80. The summed E-state index contributed by atoms with van der Waals surface area (Å²) in [5, 5.41) is 19.9. The van der Waals surface area contributed by atoms with Gasteiger partial charge in [-0.2, -0.15) is 0 Å². The normalized spacial score (nSPS) is 10.3. The Balaban J connectivity index is 1.96. The molecule has 0 saturated carbocycles. The van der Waals surface area contributed by atoms with Gasteiger partial charge in [-0.25, -0.2) is 4.79 Å². The van der Waals surface area contributed by atoms with Gasteiger partial charge in [-0.05, 0) is 24.6 Å². The van der Waals surface area contributed by atoms with E-state index in [1.54, 1.807) is 12.1 Å². The third kappa shape index (κ3) is 4.79. The van der Waals surface area contributed by atoms with Gasteiger partial charge < -0.3 is 19.5 Å². The number of nitrogens with zero attached hydrogens (tertiary/aromatic N) is 3. The lowest BCUT2D eigenvalue weighted by Crippen LogP contribution is -2.29. The Morgan fingerprint density at radius 3 is 2.81 bits per heavy atom. The number of rotatable bonds is 8. The molecule has 0 aliphatic rings. The van der Waals surface area contributed by atoms with Gasteiger partial charge in [0, 0.05) is 32.3 Å². The summed E-state index contributed by atoms with van der Waals surface area (Å²) in [7, 11) is 1.48. The zero-order valence-electron chi connectivity index (χ0n) is 14.0. The molecule has 10 heteroatoms. The summed E-state index contributed by atoms with van der Waals surface area (Å²) in [6.45, 7) is -0.182. The molecule has 0 saturated heterocycles. The molecule has 0 fully saturated rings. The highest BCUT2D eigenvalue weighted by Crippen LogP contribution is 2.31. The SMILES string of the molecule is CN(CCCC(=O)O)C(=O)OCOc1ccc([N+](=O)[O-])c2cccnc12. The Kier molecular flexibility index (Phi) is 6.25. The van der Waals surface area contributed by atoms with Crippen molar-refractivity contribution in [1.29, 1.82) is 0 Å². The number of ether oxygens (including phenoxy) is 2. The molecular weight excluding hydrogens is 346 g/mol. The van der Waals surface area contributed by atoms with Crippen LogP contribution in [0.4, 0.5) is 10.5 Å². The Bertz CT molecular complexity index is 825. The molecule has 2 aromatic rings. The molecule has 0 unspecified atom stereocenters. The molecule has 1 aromatic heterocycles. The van der Waals surface area contributed by atoms with Crippen LogP contribution < -0.4 is 4.74 Å². The van der Waals surface area contributed by atoms with Crippen molar-refractivity contribution in [3.8, 4) is 5.75 Å². The number of nitro benzene ring substituents is 1. The number of carboxylic acid groups (broad SMARTS) is 1. The summed E-state index contributed by atoms with van der Waals surface area (Å²) >= 11 is 0. The summed E-state index contributed by atoms with van der Waals surface area (Å²) in [4.78, 5) is 38.1. The second kappa shape index (κ2) is 8.60. The van der Waals surface area contributed by atoms with Crippen molar-refractivity contribution in [2.75, 3.05) is 20.4 Å². The second-order valence-corrected chi connectivity index (χ2v) is 5.33. The standard InChI is InChI=1S/C16H17N3O7/c1-18(9-3-5-14(20)21)16(22)26-10-25-13-7-6-12(19(23)24)11-4-2-8-17-15(11)13/h2,4,6-8H,3,5,9-10H2,1H3,(H,20,21). The molecule has 1 N–H and O–H groups in total. The predicted octanol–water partition coefficient (Wildman–Crippen LogP) is 2.41. The van der Waals surface area contributed by atoms with Crippen LogP contribution in [0.3, 0.4) is 0 Å². The van der Waals surface area contributed by atoms with Crippen LogP contribution in [0, 0.1) is 10.1 Å². The highest BCUT2D eigenvalue weighted by atomic mass is 16.7. The van der Waals surface area contributed by atoms with E-state index < -0.39 is 23.8 Å². The summed E-state index contributed by atoms with van der Waals surface area (Å²) < 4.78 is 10.3. The van der Waals surface area contributed by atoms with E-state index in [2.05, 4.69) is 4.98 Å². The van der Waals surface area contributed by atoms with E-state index >= 15 is 0 Å². The van der Waals surface area contributed by atoms with E-state index in [0.29, 0.717) is 11.8 Å². The van der Waals surface area contributed by atoms with Gasteiger partial charge in [0.25, 0.3) is 5.69 Å². The molecule has 138 valence electrons. The van der Waals surface area contributed by atoms with E-state index in [4.69, 9.17) is 14.6 Å². The maximum atomic E-state index is 11.8. The number of aliphatic carboxylic acids is 1. The molecule has 0 aliphatic heterocycles. The summed E-state index contributed by atoms with van der Waals surface area (Å²) in [5.74, 6) is -0.694. The Morgan fingerprint density at radius 2 is 2.12 bits per heavy atom. The smallest absolute Gasteiger partial charge is 0.412 e. The number of non-ortho nitro benzene ring substituents is 1. The molecule has 1 aromatic carbocycles. The summed E-state index contributed by atoms with van der Waals surface area (Å²) in [6.07, 6.45) is 1.06. The number of hydrogen-bond acceptors (Lipinski definition) is 7. The fourth-order valence-electron chi connectivity index (χ4n) is 2.22. The molecule has 0 atom stereocenters. The fraction of sp³-hybridized carbons (Fsp3) is 0.312. The van der Waals surface area contributed by atoms with E-state index in [1.165, 1.54) is 30.3 Å². The Labute approximate surface area is 148 Å². The van der Waals surface area contributed by atoms with Gasteiger partial charge in [0.1, 0.15) is 11.3 Å². The number of benzene rings is 1. The van der Waals surface area contributed by atoms with E-state index in [-0.39, 0.29) is 29.9 Å². The van der Waals surface area contributed by atoms with Crippen LogP contribution in [0.2, 0.25) is 0 Å². The monoisotopic (exact) mass is 363 g/mol. The minimum atomic E-state index is -0.937. The molecule has 10 nitrogen and oxygen atoms in total. The zero-order chi connectivity index (χ0) is 19.1. The van der Waals surface area contributed by atoms with Gasteiger partial charge in [0.2, 0.25) is 6.79 Å². The van der Waals surface area contributed by atoms with Crippen LogP contribution in [-0.2, 0) is 9.53 Å². The third-order valence-electron chi connectivity index (χ3n) is 3.50. The van der Waals surface area contributed by atoms with E-state index in [9.17, 15) is 19.7 Å². The third-order valence-corrected chi connectivity index (χ3v) is 3.50. The van der Waals surface area contributed by atoms with Gasteiger partial charge in [-0.1, -0.05) is 0 Å². The molecule has 26 heavy (non-hydrogen) atoms. The number of pyridine rings is 1. The summed E-state index contributed by atoms with van der Waals surface area (Å²) in [5.41, 5.74) is 0.183.